The number of pyridine rings is 1. The van der Waals surface area contributed by atoms with Crippen LogP contribution in [0.25, 0.3) is 0 Å². The maximum absolute atomic E-state index is 11.8. The van der Waals surface area contributed by atoms with E-state index in [2.05, 4.69) is 20.9 Å². The lowest BCUT2D eigenvalue weighted by Gasteiger charge is -2.26. The molecule has 1 saturated carbocycles. The van der Waals surface area contributed by atoms with Crippen molar-refractivity contribution in [3.63, 3.8) is 0 Å². The summed E-state index contributed by atoms with van der Waals surface area (Å²) in [5.41, 5.74) is 1.12. The van der Waals surface area contributed by atoms with Crippen LogP contribution in [0.5, 0.6) is 0 Å². The molecule has 2 rings (SSSR count). The second-order valence-electron chi connectivity index (χ2n) is 6.29. The van der Waals surface area contributed by atoms with Crippen molar-refractivity contribution in [2.24, 2.45) is 5.92 Å². The molecule has 2 amide bonds. The number of hydrogen-bond donors (Lipinski definition) is 4. The van der Waals surface area contributed by atoms with Crippen LogP contribution in [-0.2, 0) is 4.79 Å². The Kier molecular flexibility index (Phi) is 6.84. The summed E-state index contributed by atoms with van der Waals surface area (Å²) in [5.74, 6) is -0.152. The predicted octanol–water partition coefficient (Wildman–Crippen LogP) is 2.13. The maximum Gasteiger partial charge on any atom is 0.315 e. The van der Waals surface area contributed by atoms with Crippen LogP contribution in [0.2, 0.25) is 0 Å². The van der Waals surface area contributed by atoms with Crippen LogP contribution in [-0.4, -0.2) is 41.2 Å². The van der Waals surface area contributed by atoms with E-state index >= 15 is 0 Å². The van der Waals surface area contributed by atoms with Gasteiger partial charge in [0.2, 0.25) is 0 Å². The lowest BCUT2D eigenvalue weighted by atomic mass is 9.86. The first-order valence-corrected chi connectivity index (χ1v) is 8.48. The fourth-order valence-electron chi connectivity index (χ4n) is 2.80. The molecule has 0 bridgehead atoms. The van der Waals surface area contributed by atoms with Crippen molar-refractivity contribution < 1.29 is 14.7 Å². The van der Waals surface area contributed by atoms with E-state index in [0.717, 1.165) is 37.2 Å². The highest BCUT2D eigenvalue weighted by atomic mass is 16.4. The molecule has 0 saturated heterocycles. The van der Waals surface area contributed by atoms with Crippen molar-refractivity contribution in [1.29, 1.82) is 0 Å². The van der Waals surface area contributed by atoms with Crippen LogP contribution < -0.4 is 16.0 Å². The SMILES string of the molecule is Cc1ccc(NCCCNC(=O)NC2CCC(C(=O)O)CC2)nc1. The maximum atomic E-state index is 11.8. The molecule has 7 heteroatoms. The topological polar surface area (TPSA) is 103 Å². The molecule has 0 radical (unpaired) electrons. The van der Waals surface area contributed by atoms with E-state index in [1.54, 1.807) is 0 Å². The molecule has 24 heavy (non-hydrogen) atoms. The van der Waals surface area contributed by atoms with Gasteiger partial charge in [-0.25, -0.2) is 9.78 Å². The van der Waals surface area contributed by atoms with Gasteiger partial charge in [0.1, 0.15) is 5.82 Å². The van der Waals surface area contributed by atoms with Gasteiger partial charge in [-0.1, -0.05) is 6.07 Å². The molecule has 1 aromatic heterocycles. The quantitative estimate of drug-likeness (QED) is 0.572. The molecule has 0 unspecified atom stereocenters. The number of aromatic nitrogens is 1. The summed E-state index contributed by atoms with van der Waals surface area (Å²) in [7, 11) is 0. The normalized spacial score (nSPS) is 20.2. The van der Waals surface area contributed by atoms with E-state index in [-0.39, 0.29) is 18.0 Å². The second-order valence-corrected chi connectivity index (χ2v) is 6.29. The van der Waals surface area contributed by atoms with Crippen LogP contribution in [0.1, 0.15) is 37.7 Å². The molecular weight excluding hydrogens is 308 g/mol. The zero-order valence-electron chi connectivity index (χ0n) is 14.0. The van der Waals surface area contributed by atoms with Crippen LogP contribution in [0.15, 0.2) is 18.3 Å². The molecular formula is C17H26N4O3. The number of aliphatic carboxylic acids is 1. The molecule has 0 spiro atoms. The minimum absolute atomic E-state index is 0.0792. The second kappa shape index (κ2) is 9.10. The number of rotatable bonds is 7. The minimum Gasteiger partial charge on any atom is -0.481 e. The summed E-state index contributed by atoms with van der Waals surface area (Å²) < 4.78 is 0. The molecule has 0 aliphatic heterocycles. The third-order valence-corrected chi connectivity index (χ3v) is 4.27. The van der Waals surface area contributed by atoms with E-state index < -0.39 is 5.97 Å². The highest BCUT2D eigenvalue weighted by molar-refractivity contribution is 5.74. The van der Waals surface area contributed by atoms with Crippen molar-refractivity contribution >= 4 is 17.8 Å². The van der Waals surface area contributed by atoms with Gasteiger partial charge in [0.05, 0.1) is 5.92 Å². The van der Waals surface area contributed by atoms with Crippen molar-refractivity contribution in [2.75, 3.05) is 18.4 Å². The third-order valence-electron chi connectivity index (χ3n) is 4.27. The summed E-state index contributed by atoms with van der Waals surface area (Å²) in [6.07, 6.45) is 5.33. The molecule has 1 heterocycles. The van der Waals surface area contributed by atoms with Crippen molar-refractivity contribution in [3.05, 3.63) is 23.9 Å². The number of carboxylic acids is 1. The molecule has 1 aromatic rings. The Morgan fingerprint density at radius 1 is 1.21 bits per heavy atom. The van der Waals surface area contributed by atoms with Crippen molar-refractivity contribution in [1.82, 2.24) is 15.6 Å². The van der Waals surface area contributed by atoms with Gasteiger partial charge in [-0.2, -0.15) is 0 Å². The molecule has 4 N–H and O–H groups in total. The molecule has 1 aliphatic carbocycles. The van der Waals surface area contributed by atoms with E-state index in [9.17, 15) is 9.59 Å². The molecule has 0 atom stereocenters. The standard InChI is InChI=1S/C17H26N4O3/c1-12-3-8-15(20-11-12)18-9-2-10-19-17(24)21-14-6-4-13(5-7-14)16(22)23/h3,8,11,13-14H,2,4-7,9-10H2,1H3,(H,18,20)(H,22,23)(H2,19,21,24). The number of nitrogens with one attached hydrogen (secondary N) is 3. The number of anilines is 1. The van der Waals surface area contributed by atoms with E-state index in [4.69, 9.17) is 5.11 Å². The van der Waals surface area contributed by atoms with Gasteiger partial charge in [0.25, 0.3) is 0 Å². The largest absolute Gasteiger partial charge is 0.481 e. The number of nitrogens with zero attached hydrogens (tertiary/aromatic N) is 1. The van der Waals surface area contributed by atoms with Gasteiger partial charge in [-0.15, -0.1) is 0 Å². The Morgan fingerprint density at radius 2 is 1.96 bits per heavy atom. The van der Waals surface area contributed by atoms with E-state index in [1.165, 1.54) is 0 Å². The Morgan fingerprint density at radius 3 is 2.58 bits per heavy atom. The van der Waals surface area contributed by atoms with Gasteiger partial charge in [0, 0.05) is 25.3 Å². The van der Waals surface area contributed by atoms with Gasteiger partial charge < -0.3 is 21.1 Å². The Balaban J connectivity index is 1.54. The number of aryl methyl sites for hydroxylation is 1. The minimum atomic E-state index is -0.728. The van der Waals surface area contributed by atoms with E-state index in [0.29, 0.717) is 19.4 Å². The predicted molar refractivity (Wildman–Crippen MR) is 92.0 cm³/mol. The van der Waals surface area contributed by atoms with Crippen LogP contribution in [0.4, 0.5) is 10.6 Å². The first-order chi connectivity index (χ1) is 11.5. The lowest BCUT2D eigenvalue weighted by molar-refractivity contribution is -0.142. The van der Waals surface area contributed by atoms with Gasteiger partial charge in [-0.3, -0.25) is 4.79 Å². The summed E-state index contributed by atoms with van der Waals surface area (Å²) in [6, 6.07) is 3.83. The summed E-state index contributed by atoms with van der Waals surface area (Å²) >= 11 is 0. The average Bonchev–Trinajstić information content (AvgIpc) is 2.56. The van der Waals surface area contributed by atoms with Crippen LogP contribution >= 0.6 is 0 Å². The fourth-order valence-corrected chi connectivity index (χ4v) is 2.80. The third kappa shape index (κ3) is 6.06. The van der Waals surface area contributed by atoms with Crippen LogP contribution in [0, 0.1) is 12.8 Å². The first kappa shape index (κ1) is 18.0. The van der Waals surface area contributed by atoms with Gasteiger partial charge in [0.15, 0.2) is 0 Å². The summed E-state index contributed by atoms with van der Waals surface area (Å²) in [6.45, 7) is 3.31. The Labute approximate surface area is 142 Å². The molecule has 1 fully saturated rings. The number of hydrogen-bond acceptors (Lipinski definition) is 4. The first-order valence-electron chi connectivity index (χ1n) is 8.48. The highest BCUT2D eigenvalue weighted by Crippen LogP contribution is 2.24. The fraction of sp³-hybridized carbons (Fsp3) is 0.588. The number of carboxylic acid groups (broad SMARTS) is 1. The smallest absolute Gasteiger partial charge is 0.315 e. The van der Waals surface area contributed by atoms with Gasteiger partial charge in [-0.05, 0) is 50.7 Å². The van der Waals surface area contributed by atoms with Crippen molar-refractivity contribution in [3.8, 4) is 0 Å². The lowest BCUT2D eigenvalue weighted by Crippen LogP contribution is -2.44. The zero-order chi connectivity index (χ0) is 17.4. The summed E-state index contributed by atoms with van der Waals surface area (Å²) in [4.78, 5) is 27.0. The molecule has 0 aromatic carbocycles. The van der Waals surface area contributed by atoms with Crippen LogP contribution in [0.3, 0.4) is 0 Å². The molecule has 7 nitrogen and oxygen atoms in total. The Hall–Kier alpha value is -2.31. The molecule has 132 valence electrons. The van der Waals surface area contributed by atoms with Gasteiger partial charge >= 0.3 is 12.0 Å². The molecule has 1 aliphatic rings. The number of carbonyl (C=O) groups is 2. The highest BCUT2D eigenvalue weighted by Gasteiger charge is 2.26. The average molecular weight is 334 g/mol. The zero-order valence-corrected chi connectivity index (χ0v) is 14.0. The number of amides is 2. The van der Waals surface area contributed by atoms with E-state index in [1.807, 2.05) is 25.3 Å². The monoisotopic (exact) mass is 334 g/mol. The Bertz CT molecular complexity index is 539. The number of urea groups is 1. The van der Waals surface area contributed by atoms with Crippen molar-refractivity contribution in [2.45, 2.75) is 45.1 Å². The summed E-state index contributed by atoms with van der Waals surface area (Å²) in [5, 5.41) is 17.9. The number of carbonyl (C=O) groups excluding carboxylic acids is 1.